The Morgan fingerprint density at radius 1 is 1.19 bits per heavy atom. The molecule has 0 saturated heterocycles. The van der Waals surface area contributed by atoms with Crippen LogP contribution in [0.25, 0.3) is 10.2 Å². The van der Waals surface area contributed by atoms with Gasteiger partial charge in [0.2, 0.25) is 12.1 Å². The van der Waals surface area contributed by atoms with Crippen LogP contribution in [0.15, 0.2) is 29.6 Å². The first-order valence-electron chi connectivity index (χ1n) is 6.33. The molecule has 3 heterocycles. The Bertz CT molecular complexity index is 821. The van der Waals surface area contributed by atoms with Gasteiger partial charge in [0.1, 0.15) is 10.6 Å². The van der Waals surface area contributed by atoms with Crippen molar-refractivity contribution in [1.82, 2.24) is 9.97 Å². The van der Waals surface area contributed by atoms with Gasteiger partial charge < -0.3 is 14.8 Å². The Morgan fingerprint density at radius 2 is 2.10 bits per heavy atom. The molecule has 4 rings (SSSR count). The Morgan fingerprint density at radius 3 is 3.05 bits per heavy atom. The van der Waals surface area contributed by atoms with Gasteiger partial charge in [0.15, 0.2) is 11.5 Å². The van der Waals surface area contributed by atoms with Crippen molar-refractivity contribution in [2.75, 3.05) is 12.1 Å². The molecule has 2 aromatic heterocycles. The molecular weight excluding hydrogens is 310 g/mol. The second-order valence-corrected chi connectivity index (χ2v) is 5.75. The Kier molecular flexibility index (Phi) is 3.05. The molecule has 1 N–H and O–H groups in total. The first-order chi connectivity index (χ1) is 10.3. The molecule has 0 saturated carbocycles. The molecule has 0 radical (unpaired) electrons. The van der Waals surface area contributed by atoms with Crippen LogP contribution in [0.2, 0.25) is 5.28 Å². The van der Waals surface area contributed by atoms with E-state index in [0.29, 0.717) is 6.54 Å². The minimum absolute atomic E-state index is 0.248. The summed E-state index contributed by atoms with van der Waals surface area (Å²) in [6, 6.07) is 7.85. The minimum atomic E-state index is 0.248. The fraction of sp³-hybridized carbons (Fsp3) is 0.143. The summed E-state index contributed by atoms with van der Waals surface area (Å²) in [7, 11) is 0. The molecule has 1 aromatic carbocycles. The standard InChI is InChI=1S/C14H10ClN3O2S/c15-14-17-12(9-3-4-21-13(9)18-14)16-6-8-1-2-10-11(5-8)20-7-19-10/h1-5H,6-7H2,(H,16,17,18). The molecule has 3 aromatic rings. The number of nitrogens with one attached hydrogen (secondary N) is 1. The summed E-state index contributed by atoms with van der Waals surface area (Å²) >= 11 is 7.49. The van der Waals surface area contributed by atoms with Crippen LogP contribution < -0.4 is 14.8 Å². The lowest BCUT2D eigenvalue weighted by molar-refractivity contribution is 0.174. The molecule has 1 aliphatic rings. The van der Waals surface area contributed by atoms with Crippen molar-refractivity contribution < 1.29 is 9.47 Å². The fourth-order valence-electron chi connectivity index (χ4n) is 2.20. The average molecular weight is 320 g/mol. The number of anilines is 1. The molecular formula is C14H10ClN3O2S. The number of rotatable bonds is 3. The van der Waals surface area contributed by atoms with Gasteiger partial charge >= 0.3 is 0 Å². The SMILES string of the molecule is Clc1nc(NCc2ccc3c(c2)OCO3)c2ccsc2n1. The van der Waals surface area contributed by atoms with Crippen LogP contribution in [-0.2, 0) is 6.54 Å². The second-order valence-electron chi connectivity index (χ2n) is 4.52. The molecule has 1 aliphatic heterocycles. The third-order valence-corrected chi connectivity index (χ3v) is 4.17. The van der Waals surface area contributed by atoms with E-state index in [9.17, 15) is 0 Å². The predicted octanol–water partition coefficient (Wildman–Crippen LogP) is 3.69. The maximum absolute atomic E-state index is 5.95. The van der Waals surface area contributed by atoms with E-state index >= 15 is 0 Å². The molecule has 0 bridgehead atoms. The Balaban J connectivity index is 1.59. The van der Waals surface area contributed by atoms with Gasteiger partial charge in [0.25, 0.3) is 0 Å². The van der Waals surface area contributed by atoms with Crippen molar-refractivity contribution in [2.45, 2.75) is 6.54 Å². The van der Waals surface area contributed by atoms with Crippen LogP contribution in [-0.4, -0.2) is 16.8 Å². The molecule has 7 heteroatoms. The summed E-state index contributed by atoms with van der Waals surface area (Å²) < 4.78 is 10.7. The van der Waals surface area contributed by atoms with E-state index in [1.165, 1.54) is 0 Å². The first-order valence-corrected chi connectivity index (χ1v) is 7.58. The monoisotopic (exact) mass is 319 g/mol. The fourth-order valence-corrected chi connectivity index (χ4v) is 3.18. The largest absolute Gasteiger partial charge is 0.454 e. The van der Waals surface area contributed by atoms with Gasteiger partial charge in [-0.3, -0.25) is 0 Å². The summed E-state index contributed by atoms with van der Waals surface area (Å²) in [4.78, 5) is 9.33. The van der Waals surface area contributed by atoms with Crippen molar-refractivity contribution in [3.63, 3.8) is 0 Å². The number of fused-ring (bicyclic) bond motifs is 2. The van der Waals surface area contributed by atoms with Crippen LogP contribution in [0.5, 0.6) is 11.5 Å². The van der Waals surface area contributed by atoms with Gasteiger partial charge in [-0.2, -0.15) is 0 Å². The normalized spacial score (nSPS) is 12.8. The highest BCUT2D eigenvalue weighted by molar-refractivity contribution is 7.16. The van der Waals surface area contributed by atoms with E-state index in [1.807, 2.05) is 29.6 Å². The van der Waals surface area contributed by atoms with E-state index < -0.39 is 0 Å². The van der Waals surface area contributed by atoms with Gasteiger partial charge in [0.05, 0.1) is 5.39 Å². The van der Waals surface area contributed by atoms with Gasteiger partial charge in [0, 0.05) is 6.54 Å². The molecule has 0 spiro atoms. The van der Waals surface area contributed by atoms with Gasteiger partial charge in [-0.15, -0.1) is 11.3 Å². The van der Waals surface area contributed by atoms with E-state index in [0.717, 1.165) is 33.1 Å². The maximum atomic E-state index is 5.95. The Hall–Kier alpha value is -2.05. The Labute approximate surface area is 129 Å². The van der Waals surface area contributed by atoms with Gasteiger partial charge in [-0.05, 0) is 40.7 Å². The van der Waals surface area contributed by atoms with E-state index in [2.05, 4.69) is 15.3 Å². The number of nitrogens with zero attached hydrogens (tertiary/aromatic N) is 2. The summed E-state index contributed by atoms with van der Waals surface area (Å²) in [5.74, 6) is 2.30. The van der Waals surface area contributed by atoms with E-state index in [1.54, 1.807) is 11.3 Å². The lowest BCUT2D eigenvalue weighted by atomic mass is 10.2. The zero-order chi connectivity index (χ0) is 14.2. The first kappa shape index (κ1) is 12.7. The zero-order valence-corrected chi connectivity index (χ0v) is 12.4. The number of aromatic nitrogens is 2. The summed E-state index contributed by atoms with van der Waals surface area (Å²) in [6.07, 6.45) is 0. The van der Waals surface area contributed by atoms with E-state index in [4.69, 9.17) is 21.1 Å². The van der Waals surface area contributed by atoms with Crippen LogP contribution in [0.3, 0.4) is 0 Å². The number of thiophene rings is 1. The number of benzene rings is 1. The highest BCUT2D eigenvalue weighted by atomic mass is 35.5. The lowest BCUT2D eigenvalue weighted by Crippen LogP contribution is -2.02. The van der Waals surface area contributed by atoms with Crippen LogP contribution >= 0.6 is 22.9 Å². The van der Waals surface area contributed by atoms with Crippen molar-refractivity contribution in [3.05, 3.63) is 40.5 Å². The molecule has 5 nitrogen and oxygen atoms in total. The summed E-state index contributed by atoms with van der Waals surface area (Å²) in [6.45, 7) is 0.901. The number of halogens is 1. The second kappa shape index (κ2) is 5.05. The zero-order valence-electron chi connectivity index (χ0n) is 10.8. The smallest absolute Gasteiger partial charge is 0.231 e. The van der Waals surface area contributed by atoms with Crippen molar-refractivity contribution >= 4 is 39.0 Å². The van der Waals surface area contributed by atoms with Gasteiger partial charge in [-0.1, -0.05) is 6.07 Å². The van der Waals surface area contributed by atoms with E-state index in [-0.39, 0.29) is 12.1 Å². The average Bonchev–Trinajstić information content (AvgIpc) is 3.12. The van der Waals surface area contributed by atoms with Crippen LogP contribution in [0.1, 0.15) is 5.56 Å². The van der Waals surface area contributed by atoms with Crippen molar-refractivity contribution in [2.24, 2.45) is 0 Å². The summed E-state index contributed by atoms with van der Waals surface area (Å²) in [5.41, 5.74) is 1.08. The topological polar surface area (TPSA) is 56.3 Å². The lowest BCUT2D eigenvalue weighted by Gasteiger charge is -2.08. The number of ether oxygens (including phenoxy) is 2. The van der Waals surface area contributed by atoms with Crippen LogP contribution in [0, 0.1) is 0 Å². The highest BCUT2D eigenvalue weighted by Gasteiger charge is 2.13. The minimum Gasteiger partial charge on any atom is -0.454 e. The molecule has 0 aliphatic carbocycles. The third kappa shape index (κ3) is 2.36. The number of hydrogen-bond donors (Lipinski definition) is 1. The number of hydrogen-bond acceptors (Lipinski definition) is 6. The highest BCUT2D eigenvalue weighted by Crippen LogP contribution is 2.33. The van der Waals surface area contributed by atoms with Crippen molar-refractivity contribution in [3.8, 4) is 11.5 Å². The van der Waals surface area contributed by atoms with Crippen LogP contribution in [0.4, 0.5) is 5.82 Å². The molecule has 21 heavy (non-hydrogen) atoms. The van der Waals surface area contributed by atoms with Crippen molar-refractivity contribution in [1.29, 1.82) is 0 Å². The van der Waals surface area contributed by atoms with Gasteiger partial charge in [-0.25, -0.2) is 9.97 Å². The molecule has 0 amide bonds. The molecule has 0 unspecified atom stereocenters. The maximum Gasteiger partial charge on any atom is 0.231 e. The third-order valence-electron chi connectivity index (χ3n) is 3.19. The quantitative estimate of drug-likeness (QED) is 0.746. The molecule has 106 valence electrons. The molecule has 0 fully saturated rings. The predicted molar refractivity (Wildman–Crippen MR) is 82.3 cm³/mol. The molecule has 0 atom stereocenters. The summed E-state index contributed by atoms with van der Waals surface area (Å²) in [5, 5.41) is 6.50.